The van der Waals surface area contributed by atoms with Crippen molar-refractivity contribution in [2.24, 2.45) is 0 Å². The predicted octanol–water partition coefficient (Wildman–Crippen LogP) is 2.38. The largest absolute Gasteiger partial charge is 0.367 e. The van der Waals surface area contributed by atoms with Crippen molar-refractivity contribution in [3.63, 3.8) is 0 Å². The molecule has 0 bridgehead atoms. The fraction of sp³-hybridized carbons (Fsp3) is 0.429. The second-order valence-corrected chi connectivity index (χ2v) is 4.75. The Kier molecular flexibility index (Phi) is 4.10. The van der Waals surface area contributed by atoms with Gasteiger partial charge in [0.2, 0.25) is 0 Å². The Bertz CT molecular complexity index is 510. The molecular weight excluding hydrogens is 224 g/mol. The summed E-state index contributed by atoms with van der Waals surface area (Å²) in [5, 5.41) is 3.31. The third kappa shape index (κ3) is 3.17. The minimum Gasteiger partial charge on any atom is -0.367 e. The van der Waals surface area contributed by atoms with E-state index in [1.54, 1.807) is 6.20 Å². The van der Waals surface area contributed by atoms with Crippen LogP contribution in [0.1, 0.15) is 13.8 Å². The van der Waals surface area contributed by atoms with Gasteiger partial charge in [-0.3, -0.25) is 4.98 Å². The highest BCUT2D eigenvalue weighted by atomic mass is 15.1. The number of fused-ring (bicyclic) bond motifs is 1. The fourth-order valence-electron chi connectivity index (χ4n) is 1.66. The number of nitrogens with zero attached hydrogens (tertiary/aromatic N) is 3. The van der Waals surface area contributed by atoms with E-state index in [1.165, 1.54) is 0 Å². The Balaban J connectivity index is 1.96. The molecule has 0 amide bonds. The van der Waals surface area contributed by atoms with Crippen molar-refractivity contribution in [2.75, 3.05) is 25.5 Å². The van der Waals surface area contributed by atoms with E-state index in [-0.39, 0.29) is 0 Å². The highest BCUT2D eigenvalue weighted by Gasteiger charge is 2.03. The topological polar surface area (TPSA) is 41.0 Å². The summed E-state index contributed by atoms with van der Waals surface area (Å²) < 4.78 is 0. The summed E-state index contributed by atoms with van der Waals surface area (Å²) in [4.78, 5) is 11.2. The van der Waals surface area contributed by atoms with Gasteiger partial charge in [-0.2, -0.15) is 0 Å². The summed E-state index contributed by atoms with van der Waals surface area (Å²) in [6, 6.07) is 8.47. The fourth-order valence-corrected chi connectivity index (χ4v) is 1.66. The normalized spacial score (nSPS) is 11.4. The summed E-state index contributed by atoms with van der Waals surface area (Å²) in [5.41, 5.74) is 1.86. The second-order valence-electron chi connectivity index (χ2n) is 4.75. The van der Waals surface area contributed by atoms with Crippen LogP contribution in [0, 0.1) is 0 Å². The van der Waals surface area contributed by atoms with Gasteiger partial charge in [-0.25, -0.2) is 4.98 Å². The molecule has 0 spiro atoms. The molecule has 4 heteroatoms. The summed E-state index contributed by atoms with van der Waals surface area (Å²) >= 11 is 0. The molecule has 18 heavy (non-hydrogen) atoms. The van der Waals surface area contributed by atoms with Crippen molar-refractivity contribution >= 4 is 16.9 Å². The van der Waals surface area contributed by atoms with Gasteiger partial charge in [-0.1, -0.05) is 12.1 Å². The Hall–Kier alpha value is -1.68. The van der Waals surface area contributed by atoms with Crippen molar-refractivity contribution in [1.29, 1.82) is 0 Å². The third-order valence-corrected chi connectivity index (χ3v) is 3.10. The van der Waals surface area contributed by atoms with Gasteiger partial charge >= 0.3 is 0 Å². The third-order valence-electron chi connectivity index (χ3n) is 3.10. The zero-order valence-electron chi connectivity index (χ0n) is 11.2. The molecule has 4 nitrogen and oxygen atoms in total. The van der Waals surface area contributed by atoms with E-state index in [1.807, 2.05) is 24.3 Å². The highest BCUT2D eigenvalue weighted by molar-refractivity contribution is 5.75. The molecule has 1 heterocycles. The molecule has 0 radical (unpaired) electrons. The van der Waals surface area contributed by atoms with E-state index in [0.29, 0.717) is 6.04 Å². The Morgan fingerprint density at radius 2 is 1.94 bits per heavy atom. The average molecular weight is 244 g/mol. The first-order valence-corrected chi connectivity index (χ1v) is 6.32. The molecule has 0 atom stereocenters. The molecule has 2 aromatic rings. The molecule has 0 unspecified atom stereocenters. The molecular formula is C14H20N4. The lowest BCUT2D eigenvalue weighted by molar-refractivity contribution is 0.284. The number of likely N-dealkylation sites (N-methyl/N-ethyl adjacent to an activating group) is 1. The van der Waals surface area contributed by atoms with E-state index in [2.05, 4.69) is 41.1 Å². The van der Waals surface area contributed by atoms with Crippen LogP contribution in [-0.4, -0.2) is 41.0 Å². The van der Waals surface area contributed by atoms with Gasteiger partial charge in [0, 0.05) is 19.1 Å². The molecule has 0 saturated carbocycles. The van der Waals surface area contributed by atoms with Crippen molar-refractivity contribution in [3.8, 4) is 0 Å². The van der Waals surface area contributed by atoms with Gasteiger partial charge in [0.15, 0.2) is 0 Å². The Labute approximate surface area is 108 Å². The molecule has 1 aromatic carbocycles. The number of hydrogen-bond acceptors (Lipinski definition) is 4. The van der Waals surface area contributed by atoms with Gasteiger partial charge in [0.1, 0.15) is 5.82 Å². The maximum absolute atomic E-state index is 4.52. The summed E-state index contributed by atoms with van der Waals surface area (Å²) in [6.45, 7) is 6.25. The lowest BCUT2D eigenvalue weighted by Gasteiger charge is -2.20. The molecule has 0 aliphatic heterocycles. The summed E-state index contributed by atoms with van der Waals surface area (Å²) in [7, 11) is 2.12. The average Bonchev–Trinajstić information content (AvgIpc) is 2.38. The first kappa shape index (κ1) is 12.8. The van der Waals surface area contributed by atoms with Crippen LogP contribution < -0.4 is 5.32 Å². The Morgan fingerprint density at radius 3 is 2.67 bits per heavy atom. The second kappa shape index (κ2) is 5.78. The van der Waals surface area contributed by atoms with Gasteiger partial charge in [-0.05, 0) is 33.0 Å². The number of anilines is 1. The lowest BCUT2D eigenvalue weighted by atomic mass is 10.3. The summed E-state index contributed by atoms with van der Waals surface area (Å²) in [5.74, 6) is 0.839. The van der Waals surface area contributed by atoms with Crippen LogP contribution >= 0.6 is 0 Å². The quantitative estimate of drug-likeness (QED) is 0.876. The molecule has 96 valence electrons. The molecule has 1 N–H and O–H groups in total. The molecule has 1 aromatic heterocycles. The molecule has 0 saturated heterocycles. The molecule has 0 fully saturated rings. The number of nitrogens with one attached hydrogen (secondary N) is 1. The van der Waals surface area contributed by atoms with Crippen LogP contribution in [0.2, 0.25) is 0 Å². The molecule has 0 aliphatic rings. The molecule has 2 rings (SSSR count). The van der Waals surface area contributed by atoms with Crippen LogP contribution in [0.5, 0.6) is 0 Å². The van der Waals surface area contributed by atoms with Crippen molar-refractivity contribution in [2.45, 2.75) is 19.9 Å². The van der Waals surface area contributed by atoms with Crippen molar-refractivity contribution in [3.05, 3.63) is 30.5 Å². The van der Waals surface area contributed by atoms with E-state index < -0.39 is 0 Å². The predicted molar refractivity (Wildman–Crippen MR) is 75.8 cm³/mol. The number of rotatable bonds is 5. The van der Waals surface area contributed by atoms with E-state index in [9.17, 15) is 0 Å². The minimum atomic E-state index is 0.564. The maximum atomic E-state index is 4.52. The van der Waals surface area contributed by atoms with Crippen LogP contribution in [0.3, 0.4) is 0 Å². The number of para-hydroxylation sites is 2. The lowest BCUT2D eigenvalue weighted by Crippen LogP contribution is -2.31. The highest BCUT2D eigenvalue weighted by Crippen LogP contribution is 2.10. The number of hydrogen-bond donors (Lipinski definition) is 1. The van der Waals surface area contributed by atoms with Crippen LogP contribution in [0.4, 0.5) is 5.82 Å². The van der Waals surface area contributed by atoms with E-state index in [4.69, 9.17) is 0 Å². The number of benzene rings is 1. The van der Waals surface area contributed by atoms with Gasteiger partial charge in [-0.15, -0.1) is 0 Å². The zero-order chi connectivity index (χ0) is 13.0. The van der Waals surface area contributed by atoms with E-state index >= 15 is 0 Å². The zero-order valence-corrected chi connectivity index (χ0v) is 11.2. The summed E-state index contributed by atoms with van der Waals surface area (Å²) in [6.07, 6.45) is 1.79. The molecule has 0 aliphatic carbocycles. The van der Waals surface area contributed by atoms with Gasteiger partial charge in [0.25, 0.3) is 0 Å². The first-order chi connectivity index (χ1) is 8.66. The van der Waals surface area contributed by atoms with Crippen LogP contribution in [-0.2, 0) is 0 Å². The van der Waals surface area contributed by atoms with Gasteiger partial charge < -0.3 is 10.2 Å². The number of aromatic nitrogens is 2. The first-order valence-electron chi connectivity index (χ1n) is 6.32. The maximum Gasteiger partial charge on any atom is 0.145 e. The Morgan fingerprint density at radius 1 is 1.22 bits per heavy atom. The van der Waals surface area contributed by atoms with Crippen LogP contribution in [0.15, 0.2) is 30.5 Å². The van der Waals surface area contributed by atoms with E-state index in [0.717, 1.165) is 29.9 Å². The van der Waals surface area contributed by atoms with Crippen molar-refractivity contribution in [1.82, 2.24) is 14.9 Å². The smallest absolute Gasteiger partial charge is 0.145 e. The van der Waals surface area contributed by atoms with Crippen molar-refractivity contribution < 1.29 is 0 Å². The SMILES string of the molecule is CC(C)N(C)CCNc1cnc2ccccc2n1. The van der Waals surface area contributed by atoms with Crippen LogP contribution in [0.25, 0.3) is 11.0 Å². The van der Waals surface area contributed by atoms with Gasteiger partial charge in [0.05, 0.1) is 17.2 Å². The standard InChI is InChI=1S/C14H20N4/c1-11(2)18(3)9-8-15-14-10-16-12-6-4-5-7-13(12)17-14/h4-7,10-11H,8-9H2,1-3H3,(H,15,17). The minimum absolute atomic E-state index is 0.564. The monoisotopic (exact) mass is 244 g/mol.